The van der Waals surface area contributed by atoms with Gasteiger partial charge in [-0.3, -0.25) is 0 Å². The van der Waals surface area contributed by atoms with Gasteiger partial charge in [-0.2, -0.15) is 0 Å². The average Bonchev–Trinajstić information content (AvgIpc) is 2.49. The fourth-order valence-electron chi connectivity index (χ4n) is 3.48. The summed E-state index contributed by atoms with van der Waals surface area (Å²) in [6.45, 7) is 4.72. The minimum absolute atomic E-state index is 0.821. The Hall–Kier alpha value is -1.02. The number of rotatable bonds is 2. The molecule has 1 saturated carbocycles. The number of anilines is 1. The molecule has 0 radical (unpaired) electrons. The number of likely N-dealkylation sites (N-methyl/N-ethyl adjacent to an activating group) is 1. The maximum Gasteiger partial charge on any atom is 0.0369 e. The molecule has 0 amide bonds. The Morgan fingerprint density at radius 3 is 2.42 bits per heavy atom. The SMILES string of the molecule is CN1CCN(c2cccc(C3CCCCC3)c2)CC1. The van der Waals surface area contributed by atoms with Gasteiger partial charge in [0.05, 0.1) is 0 Å². The van der Waals surface area contributed by atoms with Gasteiger partial charge in [0.1, 0.15) is 0 Å². The van der Waals surface area contributed by atoms with Crippen molar-refractivity contribution in [2.75, 3.05) is 38.1 Å². The first kappa shape index (κ1) is 13.0. The fraction of sp³-hybridized carbons (Fsp3) is 0.647. The normalized spacial score (nSPS) is 22.7. The van der Waals surface area contributed by atoms with Crippen LogP contribution in [0.4, 0.5) is 5.69 Å². The molecule has 104 valence electrons. The van der Waals surface area contributed by atoms with Gasteiger partial charge in [-0.1, -0.05) is 31.4 Å². The third kappa shape index (κ3) is 3.11. The quantitative estimate of drug-likeness (QED) is 0.801. The lowest BCUT2D eigenvalue weighted by Crippen LogP contribution is -2.44. The zero-order valence-corrected chi connectivity index (χ0v) is 12.1. The van der Waals surface area contributed by atoms with Crippen molar-refractivity contribution in [2.45, 2.75) is 38.0 Å². The van der Waals surface area contributed by atoms with Gasteiger partial charge >= 0.3 is 0 Å². The molecule has 2 heteroatoms. The maximum atomic E-state index is 2.55. The zero-order chi connectivity index (χ0) is 13.1. The molecule has 0 aromatic heterocycles. The number of piperazine rings is 1. The van der Waals surface area contributed by atoms with Crippen LogP contribution in [-0.2, 0) is 0 Å². The summed E-state index contributed by atoms with van der Waals surface area (Å²) in [5.41, 5.74) is 3.02. The Labute approximate surface area is 117 Å². The monoisotopic (exact) mass is 258 g/mol. The van der Waals surface area contributed by atoms with Gasteiger partial charge in [0.2, 0.25) is 0 Å². The smallest absolute Gasteiger partial charge is 0.0369 e. The molecule has 1 heterocycles. The first-order valence-corrected chi connectivity index (χ1v) is 7.86. The molecular weight excluding hydrogens is 232 g/mol. The van der Waals surface area contributed by atoms with Gasteiger partial charge in [-0.05, 0) is 43.5 Å². The second-order valence-electron chi connectivity index (χ2n) is 6.22. The van der Waals surface area contributed by atoms with Crippen LogP contribution in [0.15, 0.2) is 24.3 Å². The van der Waals surface area contributed by atoms with Crippen LogP contribution in [0.2, 0.25) is 0 Å². The van der Waals surface area contributed by atoms with Crippen molar-refractivity contribution in [3.05, 3.63) is 29.8 Å². The minimum atomic E-state index is 0.821. The Kier molecular flexibility index (Phi) is 4.07. The largest absolute Gasteiger partial charge is 0.369 e. The Morgan fingerprint density at radius 2 is 1.68 bits per heavy atom. The molecule has 1 saturated heterocycles. The average molecular weight is 258 g/mol. The summed E-state index contributed by atoms with van der Waals surface area (Å²) in [4.78, 5) is 4.97. The summed E-state index contributed by atoms with van der Waals surface area (Å²) in [6, 6.07) is 9.35. The van der Waals surface area contributed by atoms with Crippen LogP contribution >= 0.6 is 0 Å². The van der Waals surface area contributed by atoms with Crippen molar-refractivity contribution in [2.24, 2.45) is 0 Å². The van der Waals surface area contributed by atoms with Crippen LogP contribution in [0.1, 0.15) is 43.6 Å². The summed E-state index contributed by atoms with van der Waals surface area (Å²) in [5.74, 6) is 0.821. The highest BCUT2D eigenvalue weighted by molar-refractivity contribution is 5.49. The second-order valence-corrected chi connectivity index (χ2v) is 6.22. The van der Waals surface area contributed by atoms with Crippen molar-refractivity contribution < 1.29 is 0 Å². The van der Waals surface area contributed by atoms with Gasteiger partial charge in [0, 0.05) is 31.9 Å². The van der Waals surface area contributed by atoms with E-state index in [-0.39, 0.29) is 0 Å². The third-order valence-corrected chi connectivity index (χ3v) is 4.82. The van der Waals surface area contributed by atoms with Crippen molar-refractivity contribution in [3.63, 3.8) is 0 Å². The van der Waals surface area contributed by atoms with E-state index in [2.05, 4.69) is 41.1 Å². The minimum Gasteiger partial charge on any atom is -0.369 e. The first-order valence-electron chi connectivity index (χ1n) is 7.86. The van der Waals surface area contributed by atoms with E-state index in [4.69, 9.17) is 0 Å². The van der Waals surface area contributed by atoms with Gasteiger partial charge in [-0.25, -0.2) is 0 Å². The predicted molar refractivity (Wildman–Crippen MR) is 82.0 cm³/mol. The predicted octanol–water partition coefficient (Wildman–Crippen LogP) is 3.49. The van der Waals surface area contributed by atoms with E-state index in [1.807, 2.05) is 0 Å². The van der Waals surface area contributed by atoms with Crippen molar-refractivity contribution >= 4 is 5.69 Å². The van der Waals surface area contributed by atoms with Crippen molar-refractivity contribution in [3.8, 4) is 0 Å². The van der Waals surface area contributed by atoms with Crippen LogP contribution in [0, 0.1) is 0 Å². The molecule has 0 bridgehead atoms. The summed E-state index contributed by atoms with van der Waals surface area (Å²) < 4.78 is 0. The van der Waals surface area contributed by atoms with E-state index < -0.39 is 0 Å². The van der Waals surface area contributed by atoms with Crippen molar-refractivity contribution in [1.29, 1.82) is 0 Å². The van der Waals surface area contributed by atoms with E-state index >= 15 is 0 Å². The van der Waals surface area contributed by atoms with Crippen LogP contribution < -0.4 is 4.90 Å². The number of nitrogens with zero attached hydrogens (tertiary/aromatic N) is 2. The molecule has 3 rings (SSSR count). The number of benzene rings is 1. The second kappa shape index (κ2) is 5.96. The Bertz CT molecular complexity index is 401. The van der Waals surface area contributed by atoms with Crippen LogP contribution in [0.3, 0.4) is 0 Å². The lowest BCUT2D eigenvalue weighted by Gasteiger charge is -2.34. The summed E-state index contributed by atoms with van der Waals surface area (Å²) in [5, 5.41) is 0. The van der Waals surface area contributed by atoms with E-state index in [1.54, 1.807) is 5.56 Å². The zero-order valence-electron chi connectivity index (χ0n) is 12.1. The summed E-state index contributed by atoms with van der Waals surface area (Å²) in [6.07, 6.45) is 7.07. The standard InChI is InChI=1S/C17H26N2/c1-18-10-12-19(13-11-18)17-9-5-8-16(14-17)15-6-3-2-4-7-15/h5,8-9,14-15H,2-4,6-7,10-13H2,1H3. The Morgan fingerprint density at radius 1 is 0.947 bits per heavy atom. The molecule has 19 heavy (non-hydrogen) atoms. The van der Waals surface area contributed by atoms with Crippen molar-refractivity contribution in [1.82, 2.24) is 4.90 Å². The maximum absolute atomic E-state index is 2.55. The molecule has 0 N–H and O–H groups in total. The van der Waals surface area contributed by atoms with E-state index in [0.29, 0.717) is 0 Å². The molecule has 1 aromatic carbocycles. The number of hydrogen-bond acceptors (Lipinski definition) is 2. The Balaban J connectivity index is 1.72. The number of hydrogen-bond donors (Lipinski definition) is 0. The van der Waals surface area contributed by atoms with Crippen LogP contribution in [0.25, 0.3) is 0 Å². The highest BCUT2D eigenvalue weighted by Gasteiger charge is 2.18. The molecule has 0 spiro atoms. The molecule has 2 fully saturated rings. The van der Waals surface area contributed by atoms with E-state index in [0.717, 1.165) is 5.92 Å². The molecule has 1 aromatic rings. The highest BCUT2D eigenvalue weighted by atomic mass is 15.2. The molecule has 1 aliphatic heterocycles. The van der Waals surface area contributed by atoms with Crippen LogP contribution in [-0.4, -0.2) is 38.1 Å². The summed E-state index contributed by atoms with van der Waals surface area (Å²) in [7, 11) is 2.22. The first-order chi connectivity index (χ1) is 9.33. The molecule has 2 nitrogen and oxygen atoms in total. The summed E-state index contributed by atoms with van der Waals surface area (Å²) >= 11 is 0. The van der Waals surface area contributed by atoms with Gasteiger partial charge in [0.25, 0.3) is 0 Å². The molecule has 1 aliphatic carbocycles. The topological polar surface area (TPSA) is 6.48 Å². The molecule has 2 aliphatic rings. The van der Waals surface area contributed by atoms with E-state index in [9.17, 15) is 0 Å². The molecular formula is C17H26N2. The van der Waals surface area contributed by atoms with Gasteiger partial charge in [-0.15, -0.1) is 0 Å². The molecule has 0 atom stereocenters. The lowest BCUT2D eigenvalue weighted by molar-refractivity contribution is 0.313. The fourth-order valence-corrected chi connectivity index (χ4v) is 3.48. The third-order valence-electron chi connectivity index (χ3n) is 4.82. The molecule has 0 unspecified atom stereocenters. The van der Waals surface area contributed by atoms with Crippen LogP contribution in [0.5, 0.6) is 0 Å². The van der Waals surface area contributed by atoms with Gasteiger partial charge in [0.15, 0.2) is 0 Å². The highest BCUT2D eigenvalue weighted by Crippen LogP contribution is 2.34. The van der Waals surface area contributed by atoms with E-state index in [1.165, 1.54) is 64.0 Å². The lowest BCUT2D eigenvalue weighted by atomic mass is 9.84. The van der Waals surface area contributed by atoms with Gasteiger partial charge < -0.3 is 9.80 Å².